The van der Waals surface area contributed by atoms with E-state index in [-0.39, 0.29) is 0 Å². The molecule has 1 aliphatic rings. The topological polar surface area (TPSA) is 47.7 Å². The Morgan fingerprint density at radius 3 is 2.76 bits per heavy atom. The number of nitrogens with one attached hydrogen (secondary N) is 1. The van der Waals surface area contributed by atoms with Gasteiger partial charge in [-0.3, -0.25) is 9.36 Å². The summed E-state index contributed by atoms with van der Waals surface area (Å²) in [4.78, 5) is 0. The van der Waals surface area contributed by atoms with Gasteiger partial charge >= 0.3 is 0 Å². The Labute approximate surface area is 100 Å². The molecule has 0 aromatic carbocycles. The summed E-state index contributed by atoms with van der Waals surface area (Å²) >= 11 is 0. The standard InChI is InChI=1S/C12H17N5/c1-16-6-4-12(14-16)9-17-7-5-11(15-17)8-13-10-2-3-10/h4-7,10,13H,2-3,8-9H2,1H3. The van der Waals surface area contributed by atoms with Crippen molar-refractivity contribution in [2.45, 2.75) is 32.0 Å². The summed E-state index contributed by atoms with van der Waals surface area (Å²) in [5.41, 5.74) is 2.14. The van der Waals surface area contributed by atoms with Crippen molar-refractivity contribution in [1.82, 2.24) is 24.9 Å². The average molecular weight is 231 g/mol. The summed E-state index contributed by atoms with van der Waals surface area (Å²) in [6.07, 6.45) is 6.59. The third kappa shape index (κ3) is 2.74. The van der Waals surface area contributed by atoms with Gasteiger partial charge in [0.25, 0.3) is 0 Å². The Morgan fingerprint density at radius 1 is 1.24 bits per heavy atom. The maximum atomic E-state index is 4.52. The van der Waals surface area contributed by atoms with Crippen molar-refractivity contribution in [3.8, 4) is 0 Å². The van der Waals surface area contributed by atoms with E-state index >= 15 is 0 Å². The van der Waals surface area contributed by atoms with Gasteiger partial charge in [-0.25, -0.2) is 0 Å². The lowest BCUT2D eigenvalue weighted by Gasteiger charge is -1.99. The van der Waals surface area contributed by atoms with E-state index < -0.39 is 0 Å². The lowest BCUT2D eigenvalue weighted by molar-refractivity contribution is 0.617. The van der Waals surface area contributed by atoms with Gasteiger partial charge in [0.2, 0.25) is 0 Å². The van der Waals surface area contributed by atoms with Crippen LogP contribution in [0.15, 0.2) is 24.5 Å². The lowest BCUT2D eigenvalue weighted by Crippen LogP contribution is -2.16. The van der Waals surface area contributed by atoms with Crippen molar-refractivity contribution in [2.75, 3.05) is 0 Å². The van der Waals surface area contributed by atoms with Crippen LogP contribution in [-0.4, -0.2) is 25.6 Å². The average Bonchev–Trinajstić information content (AvgIpc) is 2.90. The molecule has 0 amide bonds. The highest BCUT2D eigenvalue weighted by atomic mass is 15.3. The maximum absolute atomic E-state index is 4.52. The maximum Gasteiger partial charge on any atom is 0.0849 e. The van der Waals surface area contributed by atoms with Crippen LogP contribution < -0.4 is 5.32 Å². The fraction of sp³-hybridized carbons (Fsp3) is 0.500. The molecule has 0 atom stereocenters. The van der Waals surface area contributed by atoms with Crippen molar-refractivity contribution >= 4 is 0 Å². The fourth-order valence-electron chi connectivity index (χ4n) is 1.84. The van der Waals surface area contributed by atoms with Crippen molar-refractivity contribution < 1.29 is 0 Å². The first-order chi connectivity index (χ1) is 8.29. The largest absolute Gasteiger partial charge is 0.308 e. The summed E-state index contributed by atoms with van der Waals surface area (Å²) in [5, 5.41) is 12.3. The van der Waals surface area contributed by atoms with E-state index in [9.17, 15) is 0 Å². The van der Waals surface area contributed by atoms with Crippen LogP contribution >= 0.6 is 0 Å². The molecule has 3 rings (SSSR count). The number of rotatable bonds is 5. The van der Waals surface area contributed by atoms with Gasteiger partial charge in [0.1, 0.15) is 0 Å². The smallest absolute Gasteiger partial charge is 0.0849 e. The van der Waals surface area contributed by atoms with E-state index in [0.717, 1.165) is 30.5 Å². The molecule has 5 nitrogen and oxygen atoms in total. The summed E-state index contributed by atoms with van der Waals surface area (Å²) in [7, 11) is 1.93. The normalized spacial score (nSPS) is 15.4. The van der Waals surface area contributed by atoms with Gasteiger partial charge in [0.05, 0.1) is 17.9 Å². The first kappa shape index (κ1) is 10.5. The molecule has 2 aromatic heterocycles. The second-order valence-corrected chi connectivity index (χ2v) is 4.64. The highest BCUT2D eigenvalue weighted by molar-refractivity contribution is 5.03. The zero-order chi connectivity index (χ0) is 11.7. The van der Waals surface area contributed by atoms with Gasteiger partial charge < -0.3 is 5.32 Å². The number of aromatic nitrogens is 4. The zero-order valence-electron chi connectivity index (χ0n) is 10.0. The molecule has 1 N–H and O–H groups in total. The quantitative estimate of drug-likeness (QED) is 0.832. The van der Waals surface area contributed by atoms with Crippen LogP contribution in [0.3, 0.4) is 0 Å². The molecule has 90 valence electrons. The number of hydrogen-bond donors (Lipinski definition) is 1. The summed E-state index contributed by atoms with van der Waals surface area (Å²) < 4.78 is 3.75. The summed E-state index contributed by atoms with van der Waals surface area (Å²) in [6.45, 7) is 1.62. The predicted octanol–water partition coefficient (Wildman–Crippen LogP) is 0.917. The number of aryl methyl sites for hydroxylation is 1. The fourth-order valence-corrected chi connectivity index (χ4v) is 1.84. The van der Waals surface area contributed by atoms with Crippen LogP contribution in [-0.2, 0) is 20.1 Å². The van der Waals surface area contributed by atoms with Crippen LogP contribution in [0.1, 0.15) is 24.2 Å². The molecule has 0 unspecified atom stereocenters. The van der Waals surface area contributed by atoms with Gasteiger partial charge in [-0.05, 0) is 25.0 Å². The third-order valence-electron chi connectivity index (χ3n) is 2.94. The number of hydrogen-bond acceptors (Lipinski definition) is 3. The molecule has 17 heavy (non-hydrogen) atoms. The number of nitrogens with zero attached hydrogens (tertiary/aromatic N) is 4. The predicted molar refractivity (Wildman–Crippen MR) is 64.4 cm³/mol. The summed E-state index contributed by atoms with van der Waals surface area (Å²) in [5.74, 6) is 0. The van der Waals surface area contributed by atoms with Gasteiger partial charge in [-0.15, -0.1) is 0 Å². The van der Waals surface area contributed by atoms with Gasteiger partial charge in [-0.1, -0.05) is 0 Å². The second-order valence-electron chi connectivity index (χ2n) is 4.64. The zero-order valence-corrected chi connectivity index (χ0v) is 10.0. The highest BCUT2D eigenvalue weighted by Gasteiger charge is 2.20. The van der Waals surface area contributed by atoms with E-state index in [0.29, 0.717) is 0 Å². The Bertz CT molecular complexity index is 494. The van der Waals surface area contributed by atoms with Crippen molar-refractivity contribution in [2.24, 2.45) is 7.05 Å². The first-order valence-corrected chi connectivity index (χ1v) is 6.04. The molecule has 0 aliphatic heterocycles. The highest BCUT2D eigenvalue weighted by Crippen LogP contribution is 2.18. The van der Waals surface area contributed by atoms with E-state index in [1.807, 2.05) is 34.9 Å². The van der Waals surface area contributed by atoms with Crippen molar-refractivity contribution in [3.63, 3.8) is 0 Å². The Kier molecular flexibility index (Phi) is 2.68. The van der Waals surface area contributed by atoms with Crippen molar-refractivity contribution in [3.05, 3.63) is 35.9 Å². The molecule has 0 bridgehead atoms. The first-order valence-electron chi connectivity index (χ1n) is 6.04. The molecule has 0 radical (unpaired) electrons. The SMILES string of the molecule is Cn1ccc(Cn2ccc(CNC3CC3)n2)n1. The third-order valence-corrected chi connectivity index (χ3v) is 2.94. The molecule has 2 heterocycles. The second kappa shape index (κ2) is 4.33. The minimum atomic E-state index is 0.732. The molecule has 1 fully saturated rings. The van der Waals surface area contributed by atoms with Crippen LogP contribution in [0.2, 0.25) is 0 Å². The molecule has 2 aromatic rings. The van der Waals surface area contributed by atoms with E-state index in [2.05, 4.69) is 21.6 Å². The van der Waals surface area contributed by atoms with Crippen LogP contribution in [0.25, 0.3) is 0 Å². The lowest BCUT2D eigenvalue weighted by atomic mass is 10.4. The van der Waals surface area contributed by atoms with Gasteiger partial charge in [0.15, 0.2) is 0 Å². The molecule has 5 heteroatoms. The Morgan fingerprint density at radius 2 is 2.06 bits per heavy atom. The van der Waals surface area contributed by atoms with Gasteiger partial charge in [-0.2, -0.15) is 10.2 Å². The van der Waals surface area contributed by atoms with Gasteiger partial charge in [0, 0.05) is 32.0 Å². The molecular formula is C12H17N5. The Hall–Kier alpha value is -1.62. The summed E-state index contributed by atoms with van der Waals surface area (Å²) in [6, 6.07) is 4.82. The van der Waals surface area contributed by atoms with Crippen molar-refractivity contribution in [1.29, 1.82) is 0 Å². The molecule has 1 aliphatic carbocycles. The van der Waals surface area contributed by atoms with Crippen LogP contribution in [0.4, 0.5) is 0 Å². The van der Waals surface area contributed by atoms with Crippen LogP contribution in [0, 0.1) is 0 Å². The molecular weight excluding hydrogens is 214 g/mol. The Balaban J connectivity index is 1.59. The minimum absolute atomic E-state index is 0.732. The van der Waals surface area contributed by atoms with E-state index in [4.69, 9.17) is 0 Å². The molecule has 0 spiro atoms. The molecule has 1 saturated carbocycles. The van der Waals surface area contributed by atoms with Crippen LogP contribution in [0.5, 0.6) is 0 Å². The molecule has 0 saturated heterocycles. The minimum Gasteiger partial charge on any atom is -0.308 e. The monoisotopic (exact) mass is 231 g/mol. The van der Waals surface area contributed by atoms with E-state index in [1.165, 1.54) is 12.8 Å². The van der Waals surface area contributed by atoms with E-state index in [1.54, 1.807) is 0 Å².